The van der Waals surface area contributed by atoms with Crippen LogP contribution in [0.1, 0.15) is 22.3 Å². The molecule has 4 nitrogen and oxygen atoms in total. The molecule has 0 saturated heterocycles. The van der Waals surface area contributed by atoms with E-state index in [1.54, 1.807) is 18.2 Å². The van der Waals surface area contributed by atoms with E-state index in [9.17, 15) is 4.79 Å². The molecule has 4 N–H and O–H groups in total. The molecule has 0 radical (unpaired) electrons. The lowest BCUT2D eigenvalue weighted by atomic mass is 10.1. The number of benzene rings is 1. The Hall–Kier alpha value is -1.10. The van der Waals surface area contributed by atoms with Gasteiger partial charge in [0.2, 0.25) is 5.91 Å². The maximum atomic E-state index is 10.9. The van der Waals surface area contributed by atoms with Gasteiger partial charge in [0.25, 0.3) is 0 Å². The molecule has 16 heavy (non-hydrogen) atoms. The van der Waals surface area contributed by atoms with E-state index in [4.69, 9.17) is 22.4 Å². The predicted octanol–water partition coefficient (Wildman–Crippen LogP) is 0.911. The first kappa shape index (κ1) is 13.0. The third-order valence-corrected chi connectivity index (χ3v) is 2.52. The smallest absolute Gasteiger partial charge is 0.248 e. The van der Waals surface area contributed by atoms with Crippen LogP contribution in [0.4, 0.5) is 0 Å². The number of hydrogen-bond donors (Lipinski definition) is 3. The van der Waals surface area contributed by atoms with E-state index in [-0.39, 0.29) is 6.61 Å². The summed E-state index contributed by atoms with van der Waals surface area (Å²) < 4.78 is 0. The van der Waals surface area contributed by atoms with Gasteiger partial charge in [0.1, 0.15) is 0 Å². The quantitative estimate of drug-likeness (QED) is 0.649. The summed E-state index contributed by atoms with van der Waals surface area (Å²) in [6.07, 6.45) is 0.705. The van der Waals surface area contributed by atoms with Gasteiger partial charge in [-0.2, -0.15) is 0 Å². The molecular formula is C11H15ClN2O2. The van der Waals surface area contributed by atoms with Crippen LogP contribution in [-0.4, -0.2) is 24.2 Å². The van der Waals surface area contributed by atoms with Gasteiger partial charge in [0.15, 0.2) is 0 Å². The number of nitrogens with one attached hydrogen (secondary N) is 1. The second kappa shape index (κ2) is 6.48. The van der Waals surface area contributed by atoms with E-state index < -0.39 is 5.91 Å². The molecule has 0 heterocycles. The Balaban J connectivity index is 2.57. The minimum absolute atomic E-state index is 0.168. The largest absolute Gasteiger partial charge is 0.396 e. The van der Waals surface area contributed by atoms with Crippen LogP contribution in [0.25, 0.3) is 0 Å². The Bertz CT molecular complexity index is 369. The van der Waals surface area contributed by atoms with Gasteiger partial charge < -0.3 is 16.2 Å². The highest BCUT2D eigenvalue weighted by atomic mass is 35.5. The second-order valence-corrected chi connectivity index (χ2v) is 3.83. The van der Waals surface area contributed by atoms with E-state index >= 15 is 0 Å². The van der Waals surface area contributed by atoms with E-state index in [1.807, 2.05) is 0 Å². The first-order valence-electron chi connectivity index (χ1n) is 5.05. The molecule has 0 spiro atoms. The Morgan fingerprint density at radius 1 is 1.50 bits per heavy atom. The number of rotatable bonds is 6. The third kappa shape index (κ3) is 3.81. The molecule has 0 bridgehead atoms. The SMILES string of the molecule is NC(=O)c1ccc(CNCCCO)c(Cl)c1. The third-order valence-electron chi connectivity index (χ3n) is 2.16. The van der Waals surface area contributed by atoms with Gasteiger partial charge in [-0.25, -0.2) is 0 Å². The summed E-state index contributed by atoms with van der Waals surface area (Å²) in [5, 5.41) is 12.3. The number of hydrogen-bond acceptors (Lipinski definition) is 3. The fourth-order valence-electron chi connectivity index (χ4n) is 1.27. The first-order chi connectivity index (χ1) is 7.65. The average Bonchev–Trinajstić information content (AvgIpc) is 2.26. The Morgan fingerprint density at radius 3 is 2.81 bits per heavy atom. The number of amides is 1. The topological polar surface area (TPSA) is 75.4 Å². The molecule has 0 aliphatic carbocycles. The molecule has 5 heteroatoms. The predicted molar refractivity (Wildman–Crippen MR) is 63.4 cm³/mol. The molecular weight excluding hydrogens is 228 g/mol. The normalized spacial score (nSPS) is 10.4. The molecule has 1 amide bonds. The van der Waals surface area contributed by atoms with E-state index in [0.29, 0.717) is 23.6 Å². The van der Waals surface area contributed by atoms with Crippen LogP contribution in [0.15, 0.2) is 18.2 Å². The van der Waals surface area contributed by atoms with Crippen molar-refractivity contribution in [1.29, 1.82) is 0 Å². The van der Waals surface area contributed by atoms with Crippen LogP contribution in [-0.2, 0) is 6.54 Å². The van der Waals surface area contributed by atoms with Crippen LogP contribution >= 0.6 is 11.6 Å². The standard InChI is InChI=1S/C11H15ClN2O2/c12-10-6-8(11(13)16)2-3-9(10)7-14-4-1-5-15/h2-3,6,14-15H,1,4-5,7H2,(H2,13,16). The summed E-state index contributed by atoms with van der Waals surface area (Å²) in [6, 6.07) is 4.98. The maximum Gasteiger partial charge on any atom is 0.248 e. The Kier molecular flexibility index (Phi) is 5.25. The van der Waals surface area contributed by atoms with Crippen LogP contribution in [0.3, 0.4) is 0 Å². The van der Waals surface area contributed by atoms with Crippen molar-refractivity contribution in [2.45, 2.75) is 13.0 Å². The zero-order chi connectivity index (χ0) is 12.0. The highest BCUT2D eigenvalue weighted by Crippen LogP contribution is 2.17. The summed E-state index contributed by atoms with van der Waals surface area (Å²) in [7, 11) is 0. The molecule has 1 rings (SSSR count). The fourth-order valence-corrected chi connectivity index (χ4v) is 1.52. The van der Waals surface area contributed by atoms with Crippen LogP contribution in [0, 0.1) is 0 Å². The summed E-state index contributed by atoms with van der Waals surface area (Å²) in [6.45, 7) is 1.50. The highest BCUT2D eigenvalue weighted by Gasteiger charge is 2.04. The van der Waals surface area contributed by atoms with Crippen molar-refractivity contribution >= 4 is 17.5 Å². The number of nitrogens with two attached hydrogens (primary N) is 1. The van der Waals surface area contributed by atoms with Crippen molar-refractivity contribution in [2.24, 2.45) is 5.73 Å². The molecule has 1 aromatic carbocycles. The lowest BCUT2D eigenvalue weighted by Crippen LogP contribution is -2.16. The van der Waals surface area contributed by atoms with Crippen molar-refractivity contribution in [3.8, 4) is 0 Å². The zero-order valence-electron chi connectivity index (χ0n) is 8.87. The summed E-state index contributed by atoms with van der Waals surface area (Å²) in [5.41, 5.74) is 6.45. The molecule has 0 aromatic heterocycles. The minimum atomic E-state index is -0.485. The fraction of sp³-hybridized carbons (Fsp3) is 0.364. The van der Waals surface area contributed by atoms with Gasteiger partial charge in [0.05, 0.1) is 0 Å². The van der Waals surface area contributed by atoms with Gasteiger partial charge in [0, 0.05) is 23.7 Å². The molecule has 0 atom stereocenters. The molecule has 88 valence electrons. The molecule has 0 aliphatic heterocycles. The van der Waals surface area contributed by atoms with Gasteiger partial charge in [-0.05, 0) is 30.7 Å². The number of primary amides is 1. The number of carbonyl (C=O) groups is 1. The van der Waals surface area contributed by atoms with Gasteiger partial charge in [-0.15, -0.1) is 0 Å². The number of aliphatic hydroxyl groups excluding tert-OH is 1. The summed E-state index contributed by atoms with van der Waals surface area (Å²) >= 11 is 5.99. The van der Waals surface area contributed by atoms with Crippen molar-refractivity contribution < 1.29 is 9.90 Å². The van der Waals surface area contributed by atoms with Gasteiger partial charge in [-0.1, -0.05) is 17.7 Å². The Morgan fingerprint density at radius 2 is 2.25 bits per heavy atom. The monoisotopic (exact) mass is 242 g/mol. The van der Waals surface area contributed by atoms with Crippen LogP contribution < -0.4 is 11.1 Å². The van der Waals surface area contributed by atoms with Crippen LogP contribution in [0.2, 0.25) is 5.02 Å². The highest BCUT2D eigenvalue weighted by molar-refractivity contribution is 6.31. The van der Waals surface area contributed by atoms with Crippen molar-refractivity contribution in [2.75, 3.05) is 13.2 Å². The van der Waals surface area contributed by atoms with Crippen molar-refractivity contribution in [3.63, 3.8) is 0 Å². The number of aliphatic hydroxyl groups is 1. The average molecular weight is 243 g/mol. The van der Waals surface area contributed by atoms with Crippen LogP contribution in [0.5, 0.6) is 0 Å². The van der Waals surface area contributed by atoms with Crippen molar-refractivity contribution in [3.05, 3.63) is 34.3 Å². The lowest BCUT2D eigenvalue weighted by molar-refractivity contribution is 0.100. The number of halogens is 1. The number of carbonyl (C=O) groups excluding carboxylic acids is 1. The lowest BCUT2D eigenvalue weighted by Gasteiger charge is -2.07. The van der Waals surface area contributed by atoms with E-state index in [2.05, 4.69) is 5.32 Å². The van der Waals surface area contributed by atoms with E-state index in [0.717, 1.165) is 12.1 Å². The maximum absolute atomic E-state index is 10.9. The van der Waals surface area contributed by atoms with Gasteiger partial charge in [-0.3, -0.25) is 4.79 Å². The molecule has 1 aromatic rings. The molecule has 0 unspecified atom stereocenters. The minimum Gasteiger partial charge on any atom is -0.396 e. The summed E-state index contributed by atoms with van der Waals surface area (Å²) in [4.78, 5) is 10.9. The van der Waals surface area contributed by atoms with Gasteiger partial charge >= 0.3 is 0 Å². The molecule has 0 fully saturated rings. The second-order valence-electron chi connectivity index (χ2n) is 3.42. The summed E-state index contributed by atoms with van der Waals surface area (Å²) in [5.74, 6) is -0.485. The zero-order valence-corrected chi connectivity index (χ0v) is 9.63. The van der Waals surface area contributed by atoms with Crippen molar-refractivity contribution in [1.82, 2.24) is 5.32 Å². The first-order valence-corrected chi connectivity index (χ1v) is 5.42. The van der Waals surface area contributed by atoms with E-state index in [1.165, 1.54) is 0 Å². The molecule has 0 aliphatic rings. The molecule has 0 saturated carbocycles. The Labute approximate surface area is 99.4 Å².